The molecule has 0 N–H and O–H groups in total. The summed E-state index contributed by atoms with van der Waals surface area (Å²) in [4.78, 5) is 24.2. The van der Waals surface area contributed by atoms with Crippen LogP contribution in [0.3, 0.4) is 0 Å². The standard InChI is InChI=1S/C19H21FN6O2/c1-4-25(14(3)12-28-18-16(20)10-13(2)11-22-18)19(27)15-6-5-7-21-17(15)26-23-8-9-24-26/h5-11,14H,4,12H2,1-3H3/t14-/m0/s1. The number of amides is 1. The summed E-state index contributed by atoms with van der Waals surface area (Å²) in [6.45, 7) is 5.98. The van der Waals surface area contributed by atoms with Crippen molar-refractivity contribution in [2.45, 2.75) is 26.8 Å². The maximum Gasteiger partial charge on any atom is 0.258 e. The highest BCUT2D eigenvalue weighted by Gasteiger charge is 2.25. The molecule has 0 aliphatic carbocycles. The molecule has 0 saturated carbocycles. The third-order valence-corrected chi connectivity index (χ3v) is 4.16. The molecule has 0 fully saturated rings. The summed E-state index contributed by atoms with van der Waals surface area (Å²) in [6, 6.07) is 4.39. The number of hydrogen-bond acceptors (Lipinski definition) is 6. The molecule has 3 heterocycles. The predicted octanol–water partition coefficient (Wildman–Crippen LogP) is 2.43. The molecule has 0 unspecified atom stereocenters. The number of halogens is 1. The van der Waals surface area contributed by atoms with Crippen molar-refractivity contribution in [3.05, 3.63) is 59.9 Å². The third kappa shape index (κ3) is 4.13. The highest BCUT2D eigenvalue weighted by Crippen LogP contribution is 2.17. The van der Waals surface area contributed by atoms with E-state index in [9.17, 15) is 9.18 Å². The summed E-state index contributed by atoms with van der Waals surface area (Å²) in [5, 5.41) is 8.10. The molecular weight excluding hydrogens is 363 g/mol. The fraction of sp³-hybridized carbons (Fsp3) is 0.316. The predicted molar refractivity (Wildman–Crippen MR) is 99.8 cm³/mol. The Balaban J connectivity index is 1.76. The zero-order chi connectivity index (χ0) is 20.1. The van der Waals surface area contributed by atoms with Crippen molar-refractivity contribution in [3.8, 4) is 11.7 Å². The number of aryl methyl sites for hydroxylation is 1. The fourth-order valence-electron chi connectivity index (χ4n) is 2.78. The van der Waals surface area contributed by atoms with Crippen molar-refractivity contribution in [1.82, 2.24) is 29.9 Å². The van der Waals surface area contributed by atoms with E-state index in [4.69, 9.17) is 4.74 Å². The topological polar surface area (TPSA) is 86.0 Å². The monoisotopic (exact) mass is 384 g/mol. The van der Waals surface area contributed by atoms with Crippen LogP contribution in [0.25, 0.3) is 5.82 Å². The Bertz CT molecular complexity index is 947. The van der Waals surface area contributed by atoms with E-state index in [1.807, 2.05) is 13.8 Å². The van der Waals surface area contributed by atoms with Gasteiger partial charge in [-0.05, 0) is 44.5 Å². The molecule has 28 heavy (non-hydrogen) atoms. The van der Waals surface area contributed by atoms with E-state index in [1.165, 1.54) is 29.5 Å². The molecule has 146 valence electrons. The minimum absolute atomic E-state index is 0.0799. The minimum atomic E-state index is -0.527. The molecule has 3 aromatic heterocycles. The van der Waals surface area contributed by atoms with Gasteiger partial charge in [0.2, 0.25) is 5.88 Å². The summed E-state index contributed by atoms with van der Waals surface area (Å²) in [6.07, 6.45) is 6.13. The Hall–Kier alpha value is -3.36. The van der Waals surface area contributed by atoms with E-state index in [0.29, 0.717) is 23.5 Å². The van der Waals surface area contributed by atoms with Gasteiger partial charge in [0.25, 0.3) is 5.91 Å². The lowest BCUT2D eigenvalue weighted by molar-refractivity contribution is 0.0643. The fourth-order valence-corrected chi connectivity index (χ4v) is 2.78. The molecule has 0 bridgehead atoms. The number of carbonyl (C=O) groups is 1. The highest BCUT2D eigenvalue weighted by molar-refractivity contribution is 5.97. The average molecular weight is 384 g/mol. The second kappa shape index (κ2) is 8.55. The van der Waals surface area contributed by atoms with Crippen molar-refractivity contribution in [1.29, 1.82) is 0 Å². The number of aromatic nitrogens is 5. The van der Waals surface area contributed by atoms with Gasteiger partial charge in [0.05, 0.1) is 24.0 Å². The van der Waals surface area contributed by atoms with E-state index >= 15 is 0 Å². The second-order valence-electron chi connectivity index (χ2n) is 6.24. The Kier molecular flexibility index (Phi) is 5.93. The van der Waals surface area contributed by atoms with Gasteiger partial charge in [0.1, 0.15) is 6.61 Å². The van der Waals surface area contributed by atoms with Gasteiger partial charge in [-0.15, -0.1) is 4.80 Å². The summed E-state index contributed by atoms with van der Waals surface area (Å²) in [5.41, 5.74) is 1.08. The number of likely N-dealkylation sites (N-methyl/N-ethyl adjacent to an activating group) is 1. The molecule has 3 aromatic rings. The SMILES string of the molecule is CCN(C(=O)c1cccnc1-n1nccn1)[C@@H](C)COc1ncc(C)cc1F. The molecule has 0 saturated heterocycles. The Morgan fingerprint density at radius 2 is 2.04 bits per heavy atom. The highest BCUT2D eigenvalue weighted by atomic mass is 19.1. The summed E-state index contributed by atoms with van der Waals surface area (Å²) < 4.78 is 19.4. The summed E-state index contributed by atoms with van der Waals surface area (Å²) >= 11 is 0. The van der Waals surface area contributed by atoms with Gasteiger partial charge in [0, 0.05) is 18.9 Å². The molecule has 3 rings (SSSR count). The second-order valence-corrected chi connectivity index (χ2v) is 6.24. The van der Waals surface area contributed by atoms with Gasteiger partial charge >= 0.3 is 0 Å². The van der Waals surface area contributed by atoms with E-state index in [2.05, 4.69) is 20.2 Å². The summed E-state index contributed by atoms with van der Waals surface area (Å²) in [7, 11) is 0. The van der Waals surface area contributed by atoms with E-state index in [0.717, 1.165) is 0 Å². The van der Waals surface area contributed by atoms with E-state index in [-0.39, 0.29) is 24.4 Å². The molecule has 0 radical (unpaired) electrons. The van der Waals surface area contributed by atoms with Gasteiger partial charge < -0.3 is 9.64 Å². The van der Waals surface area contributed by atoms with Crippen molar-refractivity contribution >= 4 is 5.91 Å². The molecule has 0 aliphatic heterocycles. The van der Waals surface area contributed by atoms with Crippen molar-refractivity contribution in [3.63, 3.8) is 0 Å². The van der Waals surface area contributed by atoms with Crippen LogP contribution in [-0.4, -0.2) is 55.0 Å². The molecule has 0 aromatic carbocycles. The van der Waals surface area contributed by atoms with E-state index in [1.54, 1.807) is 30.2 Å². The zero-order valence-corrected chi connectivity index (χ0v) is 15.9. The maximum atomic E-state index is 13.9. The Labute approximate surface area is 162 Å². The lowest BCUT2D eigenvalue weighted by Gasteiger charge is -2.28. The molecular formula is C19H21FN6O2. The maximum absolute atomic E-state index is 13.9. The smallest absolute Gasteiger partial charge is 0.258 e. The largest absolute Gasteiger partial charge is 0.473 e. The zero-order valence-electron chi connectivity index (χ0n) is 15.9. The molecule has 1 atom stereocenters. The first kappa shape index (κ1) is 19.4. The number of pyridine rings is 2. The molecule has 9 heteroatoms. The molecule has 0 spiro atoms. The van der Waals surface area contributed by atoms with E-state index < -0.39 is 5.82 Å². The lowest BCUT2D eigenvalue weighted by atomic mass is 10.2. The van der Waals surface area contributed by atoms with Crippen molar-refractivity contribution < 1.29 is 13.9 Å². The molecule has 0 aliphatic rings. The Morgan fingerprint density at radius 3 is 2.71 bits per heavy atom. The van der Waals surface area contributed by atoms with Crippen LogP contribution in [0.1, 0.15) is 29.8 Å². The molecule has 8 nitrogen and oxygen atoms in total. The van der Waals surface area contributed by atoms with Crippen LogP contribution < -0.4 is 4.74 Å². The van der Waals surface area contributed by atoms with Crippen molar-refractivity contribution in [2.24, 2.45) is 0 Å². The Morgan fingerprint density at radius 1 is 1.29 bits per heavy atom. The van der Waals surface area contributed by atoms with Gasteiger partial charge in [-0.3, -0.25) is 4.79 Å². The van der Waals surface area contributed by atoms with Crippen LogP contribution in [-0.2, 0) is 0 Å². The van der Waals surface area contributed by atoms with Gasteiger partial charge in [-0.1, -0.05) is 0 Å². The van der Waals surface area contributed by atoms with Crippen LogP contribution >= 0.6 is 0 Å². The average Bonchev–Trinajstić information content (AvgIpc) is 3.22. The minimum Gasteiger partial charge on any atom is -0.473 e. The van der Waals surface area contributed by atoms with Crippen LogP contribution in [0.2, 0.25) is 0 Å². The normalized spacial score (nSPS) is 11.9. The van der Waals surface area contributed by atoms with Crippen molar-refractivity contribution in [2.75, 3.05) is 13.2 Å². The first-order chi connectivity index (χ1) is 13.5. The lowest BCUT2D eigenvalue weighted by Crippen LogP contribution is -2.42. The number of rotatable bonds is 7. The molecule has 1 amide bonds. The van der Waals surface area contributed by atoms with Crippen LogP contribution in [0.4, 0.5) is 4.39 Å². The summed E-state index contributed by atoms with van der Waals surface area (Å²) in [5.74, 6) is -0.503. The number of ether oxygens (including phenoxy) is 1. The van der Waals surface area contributed by atoms with Gasteiger partial charge in [0.15, 0.2) is 11.6 Å². The number of nitrogens with zero attached hydrogens (tertiary/aromatic N) is 6. The number of carbonyl (C=O) groups excluding carboxylic acids is 1. The van der Waals surface area contributed by atoms with Crippen LogP contribution in [0.5, 0.6) is 5.88 Å². The third-order valence-electron chi connectivity index (χ3n) is 4.16. The number of hydrogen-bond donors (Lipinski definition) is 0. The van der Waals surface area contributed by atoms with Crippen LogP contribution in [0.15, 0.2) is 43.0 Å². The first-order valence-corrected chi connectivity index (χ1v) is 8.88. The van der Waals surface area contributed by atoms with Gasteiger partial charge in [-0.25, -0.2) is 14.4 Å². The van der Waals surface area contributed by atoms with Crippen LogP contribution in [0, 0.1) is 12.7 Å². The quantitative estimate of drug-likeness (QED) is 0.622. The first-order valence-electron chi connectivity index (χ1n) is 8.88. The van der Waals surface area contributed by atoms with Gasteiger partial charge in [-0.2, -0.15) is 10.2 Å².